The van der Waals surface area contributed by atoms with Gasteiger partial charge >= 0.3 is 11.9 Å². The molecule has 1 rings (SSSR count). The Morgan fingerprint density at radius 3 is 2.50 bits per heavy atom. The number of ether oxygens (including phenoxy) is 1. The van der Waals surface area contributed by atoms with E-state index in [1.807, 2.05) is 0 Å². The fourth-order valence-electron chi connectivity index (χ4n) is 1.03. The van der Waals surface area contributed by atoms with Gasteiger partial charge in [0.1, 0.15) is 0 Å². The van der Waals surface area contributed by atoms with E-state index in [-0.39, 0.29) is 5.56 Å². The minimum Gasteiger partial charge on any atom is -0.464 e. The first-order chi connectivity index (χ1) is 7.39. The summed E-state index contributed by atoms with van der Waals surface area (Å²) in [7, 11) is 0.796. The largest absolute Gasteiger partial charge is 0.464 e. The Hall–Kier alpha value is -1.30. The van der Waals surface area contributed by atoms with Crippen molar-refractivity contribution in [3.63, 3.8) is 0 Å². The van der Waals surface area contributed by atoms with Crippen molar-refractivity contribution in [1.82, 2.24) is 0 Å². The second kappa shape index (κ2) is 4.69. The van der Waals surface area contributed by atoms with Crippen LogP contribution in [0.1, 0.15) is 10.4 Å². The number of esters is 1. The fourth-order valence-corrected chi connectivity index (χ4v) is 1.43. The van der Waals surface area contributed by atoms with Crippen LogP contribution in [0.15, 0.2) is 28.7 Å². The molecule has 0 atom stereocenters. The van der Waals surface area contributed by atoms with Crippen molar-refractivity contribution in [2.75, 3.05) is 7.11 Å². The van der Waals surface area contributed by atoms with Crippen molar-refractivity contribution in [2.24, 2.45) is 0 Å². The summed E-state index contributed by atoms with van der Waals surface area (Å²) in [5, 5.41) is 0. The lowest BCUT2D eigenvalue weighted by atomic mass is 10.1. The number of rotatable bonds is 3. The number of hydrogen-bond acceptors (Lipinski definition) is 3. The number of methoxy groups -OCH3 is 1. The molecule has 0 aliphatic rings. The molecule has 0 N–H and O–H groups in total. The van der Waals surface area contributed by atoms with E-state index in [2.05, 4.69) is 20.7 Å². The number of carbonyl (C=O) groups is 2. The van der Waals surface area contributed by atoms with Gasteiger partial charge in [-0.15, -0.1) is 0 Å². The Morgan fingerprint density at radius 2 is 2.00 bits per heavy atom. The summed E-state index contributed by atoms with van der Waals surface area (Å²) >= 11 is 3.04. The van der Waals surface area contributed by atoms with Crippen LogP contribution in [0.3, 0.4) is 0 Å². The topological polar surface area (TPSA) is 43.4 Å². The summed E-state index contributed by atoms with van der Waals surface area (Å²) in [5.41, 5.74) is -0.259. The normalized spacial score (nSPS) is 11.0. The molecule has 86 valence electrons. The van der Waals surface area contributed by atoms with Crippen molar-refractivity contribution in [3.05, 3.63) is 34.3 Å². The van der Waals surface area contributed by atoms with Crippen LogP contribution in [0.5, 0.6) is 0 Å². The van der Waals surface area contributed by atoms with Crippen LogP contribution in [0.4, 0.5) is 8.78 Å². The van der Waals surface area contributed by atoms with E-state index in [9.17, 15) is 18.4 Å². The first-order valence-electron chi connectivity index (χ1n) is 4.16. The molecule has 0 aromatic heterocycles. The third kappa shape index (κ3) is 2.44. The van der Waals surface area contributed by atoms with Crippen molar-refractivity contribution >= 4 is 27.7 Å². The summed E-state index contributed by atoms with van der Waals surface area (Å²) in [5.74, 6) is -7.60. The molecule has 1 aromatic carbocycles. The van der Waals surface area contributed by atoms with Crippen LogP contribution in [0.25, 0.3) is 0 Å². The Labute approximate surface area is 98.5 Å². The van der Waals surface area contributed by atoms with Gasteiger partial charge in [-0.2, -0.15) is 8.78 Å². The third-order valence-electron chi connectivity index (χ3n) is 1.81. The molecule has 0 fully saturated rings. The van der Waals surface area contributed by atoms with E-state index in [1.54, 1.807) is 6.07 Å². The molecule has 0 radical (unpaired) electrons. The maximum atomic E-state index is 13.2. The minimum atomic E-state index is -4.16. The fraction of sp³-hybridized carbons (Fsp3) is 0.200. The second-order valence-electron chi connectivity index (χ2n) is 2.91. The minimum absolute atomic E-state index is 0.259. The van der Waals surface area contributed by atoms with E-state index in [4.69, 9.17) is 0 Å². The van der Waals surface area contributed by atoms with Crippen LogP contribution < -0.4 is 0 Å². The summed E-state index contributed by atoms with van der Waals surface area (Å²) in [4.78, 5) is 22.1. The molecule has 0 saturated carbocycles. The molecular formula is C10H7BrF2O3. The van der Waals surface area contributed by atoms with E-state index < -0.39 is 17.7 Å². The predicted molar refractivity (Wildman–Crippen MR) is 55.4 cm³/mol. The number of alkyl halides is 2. The molecule has 0 aliphatic heterocycles. The summed E-state index contributed by atoms with van der Waals surface area (Å²) in [6.07, 6.45) is 0. The Morgan fingerprint density at radius 1 is 1.38 bits per heavy atom. The highest BCUT2D eigenvalue weighted by atomic mass is 79.9. The summed E-state index contributed by atoms with van der Waals surface area (Å²) in [6.45, 7) is 0. The highest BCUT2D eigenvalue weighted by molar-refractivity contribution is 9.10. The van der Waals surface area contributed by atoms with Crippen molar-refractivity contribution < 1.29 is 23.1 Å². The Kier molecular flexibility index (Phi) is 3.74. The molecule has 0 heterocycles. The lowest BCUT2D eigenvalue weighted by molar-refractivity contribution is -0.161. The van der Waals surface area contributed by atoms with Crippen LogP contribution in [0.2, 0.25) is 0 Å². The van der Waals surface area contributed by atoms with Crippen LogP contribution in [0, 0.1) is 0 Å². The molecule has 3 nitrogen and oxygen atoms in total. The highest BCUT2D eigenvalue weighted by Gasteiger charge is 2.48. The number of carbonyl (C=O) groups excluding carboxylic acids is 2. The maximum absolute atomic E-state index is 13.2. The summed E-state index contributed by atoms with van der Waals surface area (Å²) in [6, 6.07) is 5.40. The van der Waals surface area contributed by atoms with Gasteiger partial charge in [0.2, 0.25) is 5.78 Å². The Bertz CT molecular complexity index is 432. The van der Waals surface area contributed by atoms with Gasteiger partial charge < -0.3 is 4.74 Å². The van der Waals surface area contributed by atoms with Gasteiger partial charge in [0, 0.05) is 10.0 Å². The standard InChI is InChI=1S/C10H7BrF2O3/c1-16-9(15)10(12,13)8(14)6-3-2-4-7(11)5-6/h2-5H,1H3. The average Bonchev–Trinajstić information content (AvgIpc) is 2.26. The van der Waals surface area contributed by atoms with Crippen molar-refractivity contribution in [3.8, 4) is 0 Å². The molecule has 6 heteroatoms. The summed E-state index contributed by atoms with van der Waals surface area (Å²) < 4.78 is 30.7. The second-order valence-corrected chi connectivity index (χ2v) is 3.82. The SMILES string of the molecule is COC(=O)C(F)(F)C(=O)c1cccc(Br)c1. The first-order valence-corrected chi connectivity index (χ1v) is 4.95. The predicted octanol–water partition coefficient (Wildman–Crippen LogP) is 2.44. The van der Waals surface area contributed by atoms with Gasteiger partial charge in [0.15, 0.2) is 0 Å². The van der Waals surface area contributed by atoms with Gasteiger partial charge in [-0.05, 0) is 12.1 Å². The van der Waals surface area contributed by atoms with Gasteiger partial charge in [-0.3, -0.25) is 4.79 Å². The lowest BCUT2D eigenvalue weighted by Gasteiger charge is -2.12. The first kappa shape index (κ1) is 12.8. The number of halogens is 3. The van der Waals surface area contributed by atoms with Crippen LogP contribution >= 0.6 is 15.9 Å². The number of benzene rings is 1. The molecule has 0 unspecified atom stereocenters. The number of hydrogen-bond donors (Lipinski definition) is 0. The van der Waals surface area contributed by atoms with E-state index >= 15 is 0 Å². The zero-order chi connectivity index (χ0) is 12.3. The van der Waals surface area contributed by atoms with E-state index in [0.29, 0.717) is 4.47 Å². The Balaban J connectivity index is 3.07. The van der Waals surface area contributed by atoms with Gasteiger partial charge in [0.05, 0.1) is 7.11 Å². The molecule has 0 bridgehead atoms. The van der Waals surface area contributed by atoms with E-state index in [1.165, 1.54) is 18.2 Å². The highest BCUT2D eigenvalue weighted by Crippen LogP contribution is 2.23. The third-order valence-corrected chi connectivity index (χ3v) is 2.31. The van der Waals surface area contributed by atoms with Crippen molar-refractivity contribution in [2.45, 2.75) is 5.92 Å². The van der Waals surface area contributed by atoms with Gasteiger partial charge in [-0.1, -0.05) is 28.1 Å². The monoisotopic (exact) mass is 292 g/mol. The quantitative estimate of drug-likeness (QED) is 0.488. The lowest BCUT2D eigenvalue weighted by Crippen LogP contribution is -2.38. The molecular weight excluding hydrogens is 286 g/mol. The van der Waals surface area contributed by atoms with Gasteiger partial charge in [0.25, 0.3) is 0 Å². The molecule has 0 spiro atoms. The van der Waals surface area contributed by atoms with Crippen LogP contribution in [-0.2, 0) is 9.53 Å². The van der Waals surface area contributed by atoms with Crippen molar-refractivity contribution in [1.29, 1.82) is 0 Å². The zero-order valence-electron chi connectivity index (χ0n) is 8.17. The molecule has 0 amide bonds. The molecule has 0 saturated heterocycles. The number of Topliss-reactive ketones (excluding diaryl/α,β-unsaturated/α-hetero) is 1. The smallest absolute Gasteiger partial charge is 0.404 e. The zero-order valence-corrected chi connectivity index (χ0v) is 9.75. The van der Waals surface area contributed by atoms with E-state index in [0.717, 1.165) is 7.11 Å². The molecule has 0 aliphatic carbocycles. The average molecular weight is 293 g/mol. The molecule has 1 aromatic rings. The number of ketones is 1. The van der Waals surface area contributed by atoms with Crippen LogP contribution in [-0.4, -0.2) is 24.8 Å². The van der Waals surface area contributed by atoms with Gasteiger partial charge in [-0.25, -0.2) is 4.79 Å². The molecule has 16 heavy (non-hydrogen) atoms. The maximum Gasteiger partial charge on any atom is 0.404 e.